The third kappa shape index (κ3) is 7.90. The zero-order valence-corrected chi connectivity index (χ0v) is 19.7. The zero-order valence-electron chi connectivity index (χ0n) is 19.7. The van der Waals surface area contributed by atoms with Crippen LogP contribution in [-0.4, -0.2) is 26.4 Å². The first-order valence-corrected chi connectivity index (χ1v) is 11.4. The van der Waals surface area contributed by atoms with Crippen molar-refractivity contribution in [1.82, 2.24) is 0 Å². The van der Waals surface area contributed by atoms with E-state index < -0.39 is 28.7 Å². The summed E-state index contributed by atoms with van der Waals surface area (Å²) in [5.74, 6) is -0.897. The first-order valence-electron chi connectivity index (χ1n) is 11.4. The van der Waals surface area contributed by atoms with Gasteiger partial charge in [-0.05, 0) is 48.5 Å². The van der Waals surface area contributed by atoms with Gasteiger partial charge >= 0.3 is 0 Å². The fourth-order valence-electron chi connectivity index (χ4n) is 3.42. The number of ether oxygens (including phenoxy) is 4. The minimum atomic E-state index is -1.09. The van der Waals surface area contributed by atoms with Crippen molar-refractivity contribution in [2.75, 3.05) is 26.4 Å². The molecule has 8 heteroatoms. The van der Waals surface area contributed by atoms with Crippen molar-refractivity contribution in [2.45, 2.75) is 0 Å². The second-order valence-electron chi connectivity index (χ2n) is 8.48. The molecule has 0 fully saturated rings. The lowest BCUT2D eigenvalue weighted by Crippen LogP contribution is -2.45. The van der Waals surface area contributed by atoms with Crippen LogP contribution < -0.4 is 18.9 Å². The summed E-state index contributed by atoms with van der Waals surface area (Å²) in [6.07, 6.45) is 0. The van der Waals surface area contributed by atoms with E-state index in [9.17, 15) is 17.6 Å². The van der Waals surface area contributed by atoms with Crippen molar-refractivity contribution in [2.24, 2.45) is 5.41 Å². The Morgan fingerprint density at radius 2 is 0.649 bits per heavy atom. The molecule has 0 aliphatic heterocycles. The minimum absolute atomic E-state index is 0.0869. The molecular weight excluding hydrogens is 488 g/mol. The highest BCUT2D eigenvalue weighted by Gasteiger charge is 2.36. The molecular formula is C29H24F4O4. The molecule has 0 amide bonds. The van der Waals surface area contributed by atoms with Crippen LogP contribution in [0.2, 0.25) is 0 Å². The van der Waals surface area contributed by atoms with Gasteiger partial charge in [-0.15, -0.1) is 0 Å². The van der Waals surface area contributed by atoms with Crippen molar-refractivity contribution in [3.63, 3.8) is 0 Å². The maximum absolute atomic E-state index is 13.7. The maximum Gasteiger partial charge on any atom is 0.126 e. The molecule has 0 aromatic heterocycles. The van der Waals surface area contributed by atoms with Gasteiger partial charge in [0, 0.05) is 24.3 Å². The predicted octanol–water partition coefficient (Wildman–Crippen LogP) is 6.85. The number of benzene rings is 4. The molecule has 0 aliphatic rings. The molecule has 4 aromatic carbocycles. The van der Waals surface area contributed by atoms with Crippen LogP contribution in [0.5, 0.6) is 23.0 Å². The molecule has 0 heterocycles. The van der Waals surface area contributed by atoms with Crippen molar-refractivity contribution >= 4 is 0 Å². The largest absolute Gasteiger partial charge is 0.492 e. The molecule has 4 rings (SSSR count). The Morgan fingerprint density at radius 1 is 0.405 bits per heavy atom. The molecule has 0 spiro atoms. The van der Waals surface area contributed by atoms with Gasteiger partial charge in [-0.3, -0.25) is 0 Å². The summed E-state index contributed by atoms with van der Waals surface area (Å²) in [6, 6.07) is 22.4. The lowest BCUT2D eigenvalue weighted by Gasteiger charge is -2.33. The monoisotopic (exact) mass is 512 g/mol. The lowest BCUT2D eigenvalue weighted by atomic mass is 9.92. The maximum atomic E-state index is 13.7. The Hall–Kier alpha value is -4.20. The summed E-state index contributed by atoms with van der Waals surface area (Å²) in [4.78, 5) is 0. The van der Waals surface area contributed by atoms with Gasteiger partial charge < -0.3 is 18.9 Å². The van der Waals surface area contributed by atoms with E-state index in [-0.39, 0.29) is 49.4 Å². The fraction of sp³-hybridized carbons (Fsp3) is 0.172. The van der Waals surface area contributed by atoms with Crippen molar-refractivity contribution in [3.8, 4) is 23.0 Å². The first kappa shape index (κ1) is 25.9. The van der Waals surface area contributed by atoms with Gasteiger partial charge in [0.15, 0.2) is 0 Å². The molecule has 37 heavy (non-hydrogen) atoms. The van der Waals surface area contributed by atoms with Gasteiger partial charge in [-0.2, -0.15) is 0 Å². The molecule has 0 aliphatic carbocycles. The van der Waals surface area contributed by atoms with Crippen LogP contribution in [0, 0.1) is 28.7 Å². The van der Waals surface area contributed by atoms with Crippen LogP contribution in [-0.2, 0) is 0 Å². The predicted molar refractivity (Wildman–Crippen MR) is 130 cm³/mol. The minimum Gasteiger partial charge on any atom is -0.492 e. The Balaban J connectivity index is 1.61. The lowest BCUT2D eigenvalue weighted by molar-refractivity contribution is -0.00376. The average Bonchev–Trinajstić information content (AvgIpc) is 2.88. The molecule has 0 saturated carbocycles. The Labute approximate surface area is 212 Å². The topological polar surface area (TPSA) is 36.9 Å². The van der Waals surface area contributed by atoms with E-state index in [1.54, 1.807) is 24.3 Å². The van der Waals surface area contributed by atoms with Crippen LogP contribution >= 0.6 is 0 Å². The average molecular weight is 512 g/mol. The van der Waals surface area contributed by atoms with Gasteiger partial charge in [0.05, 0.1) is 0 Å². The van der Waals surface area contributed by atoms with Crippen molar-refractivity contribution in [3.05, 3.63) is 120 Å². The Bertz CT molecular complexity index is 1110. The summed E-state index contributed by atoms with van der Waals surface area (Å²) in [6.45, 7) is -0.348. The third-order valence-electron chi connectivity index (χ3n) is 5.36. The molecule has 0 N–H and O–H groups in total. The molecule has 0 unspecified atom stereocenters. The molecule has 0 atom stereocenters. The van der Waals surface area contributed by atoms with Crippen molar-refractivity contribution in [1.29, 1.82) is 0 Å². The van der Waals surface area contributed by atoms with Gasteiger partial charge in [0.25, 0.3) is 0 Å². The molecule has 0 saturated heterocycles. The van der Waals surface area contributed by atoms with Crippen molar-refractivity contribution < 1.29 is 36.5 Å². The summed E-state index contributed by atoms with van der Waals surface area (Å²) >= 11 is 0. The second kappa shape index (κ2) is 12.2. The number of halogens is 4. The van der Waals surface area contributed by atoms with Gasteiger partial charge in [0.1, 0.15) is 78.1 Å². The van der Waals surface area contributed by atoms with Gasteiger partial charge in [-0.1, -0.05) is 24.3 Å². The van der Waals surface area contributed by atoms with Gasteiger partial charge in [-0.25, -0.2) is 17.6 Å². The number of hydrogen-bond donors (Lipinski definition) is 0. The third-order valence-corrected chi connectivity index (χ3v) is 5.36. The van der Waals surface area contributed by atoms with E-state index in [2.05, 4.69) is 0 Å². The molecule has 0 radical (unpaired) electrons. The standard InChI is InChI=1S/C29H24F4O4/c30-21-5-1-9-25(13-21)34-17-29(18-35-26-10-2-6-22(31)14-26,19-36-27-11-3-7-23(32)15-27)20-37-28-12-4-8-24(33)16-28/h1-16H,17-20H2. The van der Waals surface area contributed by atoms with E-state index in [0.29, 0.717) is 0 Å². The second-order valence-corrected chi connectivity index (χ2v) is 8.48. The van der Waals surface area contributed by atoms with Crippen LogP contribution in [0.15, 0.2) is 97.1 Å². The summed E-state index contributed by atoms with van der Waals surface area (Å²) in [5, 5.41) is 0. The van der Waals surface area contributed by atoms with E-state index >= 15 is 0 Å². The molecule has 4 aromatic rings. The summed E-state index contributed by atoms with van der Waals surface area (Å²) in [5.41, 5.74) is -1.09. The van der Waals surface area contributed by atoms with Crippen LogP contribution in [0.3, 0.4) is 0 Å². The Kier molecular flexibility index (Phi) is 8.51. The number of rotatable bonds is 12. The molecule has 0 bridgehead atoms. The molecule has 192 valence electrons. The Morgan fingerprint density at radius 3 is 0.865 bits per heavy atom. The highest BCUT2D eigenvalue weighted by molar-refractivity contribution is 5.26. The SMILES string of the molecule is Fc1cccc(OCC(COc2cccc(F)c2)(COc2cccc(F)c2)COc2cccc(F)c2)c1. The van der Waals surface area contributed by atoms with E-state index in [4.69, 9.17) is 18.9 Å². The van der Waals surface area contributed by atoms with Crippen LogP contribution in [0.25, 0.3) is 0 Å². The van der Waals surface area contributed by atoms with Crippen LogP contribution in [0.1, 0.15) is 0 Å². The highest BCUT2D eigenvalue weighted by atomic mass is 19.1. The first-order chi connectivity index (χ1) is 17.9. The van der Waals surface area contributed by atoms with Crippen LogP contribution in [0.4, 0.5) is 17.6 Å². The van der Waals surface area contributed by atoms with Gasteiger partial charge in [0.2, 0.25) is 0 Å². The fourth-order valence-corrected chi connectivity index (χ4v) is 3.42. The van der Waals surface area contributed by atoms with E-state index in [0.717, 1.165) is 0 Å². The quantitative estimate of drug-likeness (QED) is 0.195. The van der Waals surface area contributed by atoms with E-state index in [1.165, 1.54) is 72.8 Å². The number of hydrogen-bond acceptors (Lipinski definition) is 4. The molecule has 4 nitrogen and oxygen atoms in total. The smallest absolute Gasteiger partial charge is 0.126 e. The normalized spacial score (nSPS) is 11.1. The zero-order chi connectivity index (χ0) is 26.1. The van der Waals surface area contributed by atoms with E-state index in [1.807, 2.05) is 0 Å². The summed E-state index contributed by atoms with van der Waals surface area (Å²) in [7, 11) is 0. The highest BCUT2D eigenvalue weighted by Crippen LogP contribution is 2.27. The summed E-state index contributed by atoms with van der Waals surface area (Å²) < 4.78 is 78.5.